The van der Waals surface area contributed by atoms with Crippen LogP contribution in [-0.4, -0.2) is 17.2 Å². The highest BCUT2D eigenvalue weighted by Gasteiger charge is 2.03. The fraction of sp³-hybridized carbons (Fsp3) is 0.0667. The van der Waals surface area contributed by atoms with Crippen LogP contribution in [0.25, 0.3) is 0 Å². The molecule has 0 aliphatic carbocycles. The molecular formula is C15H12Cl2N2O2. The second-order valence-corrected chi connectivity index (χ2v) is 5.06. The Labute approximate surface area is 132 Å². The lowest BCUT2D eigenvalue weighted by atomic mass is 10.1. The minimum absolute atomic E-state index is 0.160. The minimum Gasteiger partial charge on any atom is -0.508 e. The molecule has 2 aromatic carbocycles. The van der Waals surface area contributed by atoms with Crippen molar-refractivity contribution in [3.05, 3.63) is 63.6 Å². The number of phenols is 1. The van der Waals surface area contributed by atoms with Crippen LogP contribution in [0.3, 0.4) is 0 Å². The number of nitrogens with one attached hydrogen (secondary N) is 1. The van der Waals surface area contributed by atoms with Gasteiger partial charge in [-0.2, -0.15) is 5.10 Å². The first-order valence-electron chi connectivity index (χ1n) is 6.10. The second kappa shape index (κ2) is 7.11. The average Bonchev–Trinajstić information content (AvgIpc) is 2.46. The maximum absolute atomic E-state index is 11.7. The Balaban J connectivity index is 1.93. The van der Waals surface area contributed by atoms with Crippen LogP contribution in [0.5, 0.6) is 5.75 Å². The van der Waals surface area contributed by atoms with Crippen LogP contribution in [-0.2, 0) is 11.2 Å². The molecule has 0 atom stereocenters. The van der Waals surface area contributed by atoms with Crippen molar-refractivity contribution in [1.29, 1.82) is 0 Å². The molecule has 6 heteroatoms. The van der Waals surface area contributed by atoms with E-state index in [1.54, 1.807) is 30.3 Å². The predicted octanol–water partition coefficient (Wildman–Crippen LogP) is 3.39. The lowest BCUT2D eigenvalue weighted by Crippen LogP contribution is -2.19. The van der Waals surface area contributed by atoms with Gasteiger partial charge in [0.2, 0.25) is 5.91 Å². The van der Waals surface area contributed by atoms with Crippen LogP contribution in [0.2, 0.25) is 10.0 Å². The number of rotatable bonds is 4. The first-order valence-corrected chi connectivity index (χ1v) is 6.85. The summed E-state index contributed by atoms with van der Waals surface area (Å²) in [6, 6.07) is 11.6. The van der Waals surface area contributed by atoms with Crippen molar-refractivity contribution in [2.24, 2.45) is 5.10 Å². The largest absolute Gasteiger partial charge is 0.508 e. The normalized spacial score (nSPS) is 10.8. The molecule has 21 heavy (non-hydrogen) atoms. The van der Waals surface area contributed by atoms with Crippen molar-refractivity contribution in [2.75, 3.05) is 0 Å². The highest BCUT2D eigenvalue weighted by Crippen LogP contribution is 2.24. The van der Waals surface area contributed by atoms with Crippen molar-refractivity contribution in [3.63, 3.8) is 0 Å². The molecular weight excluding hydrogens is 311 g/mol. The molecule has 0 spiro atoms. The summed E-state index contributed by atoms with van der Waals surface area (Å²) in [5, 5.41) is 13.8. The molecule has 2 rings (SSSR count). The number of hydrogen-bond donors (Lipinski definition) is 2. The van der Waals surface area contributed by atoms with E-state index in [1.165, 1.54) is 18.3 Å². The van der Waals surface area contributed by atoms with Crippen LogP contribution in [0.4, 0.5) is 0 Å². The predicted molar refractivity (Wildman–Crippen MR) is 84.0 cm³/mol. The molecule has 4 nitrogen and oxygen atoms in total. The molecule has 2 N–H and O–H groups in total. The van der Waals surface area contributed by atoms with E-state index in [-0.39, 0.29) is 18.1 Å². The molecule has 2 aromatic rings. The van der Waals surface area contributed by atoms with E-state index >= 15 is 0 Å². The summed E-state index contributed by atoms with van der Waals surface area (Å²) in [4.78, 5) is 11.7. The van der Waals surface area contributed by atoms with E-state index in [0.717, 1.165) is 5.56 Å². The van der Waals surface area contributed by atoms with Gasteiger partial charge in [0, 0.05) is 5.56 Å². The third kappa shape index (κ3) is 4.48. The molecule has 0 radical (unpaired) electrons. The number of carbonyl (C=O) groups is 1. The van der Waals surface area contributed by atoms with Gasteiger partial charge in [0.1, 0.15) is 5.75 Å². The monoisotopic (exact) mass is 322 g/mol. The number of aromatic hydroxyl groups is 1. The van der Waals surface area contributed by atoms with Gasteiger partial charge in [0.05, 0.1) is 22.7 Å². The smallest absolute Gasteiger partial charge is 0.244 e. The molecule has 0 aliphatic rings. The summed E-state index contributed by atoms with van der Waals surface area (Å²) in [5.41, 5.74) is 3.81. The molecule has 0 heterocycles. The molecule has 0 aromatic heterocycles. The molecule has 0 saturated heterocycles. The Kier molecular flexibility index (Phi) is 5.20. The zero-order chi connectivity index (χ0) is 15.2. The van der Waals surface area contributed by atoms with Crippen molar-refractivity contribution in [2.45, 2.75) is 6.42 Å². The van der Waals surface area contributed by atoms with E-state index in [2.05, 4.69) is 10.5 Å². The van der Waals surface area contributed by atoms with Gasteiger partial charge in [0.25, 0.3) is 0 Å². The molecule has 1 amide bonds. The number of phenolic OH excluding ortho intramolecular Hbond substituents is 1. The maximum atomic E-state index is 11.7. The van der Waals surface area contributed by atoms with E-state index in [4.69, 9.17) is 28.3 Å². The van der Waals surface area contributed by atoms with Gasteiger partial charge < -0.3 is 5.11 Å². The van der Waals surface area contributed by atoms with Crippen LogP contribution in [0.15, 0.2) is 47.6 Å². The lowest BCUT2D eigenvalue weighted by Gasteiger charge is -2.02. The second-order valence-electron chi connectivity index (χ2n) is 4.28. The Bertz CT molecular complexity index is 670. The lowest BCUT2D eigenvalue weighted by molar-refractivity contribution is -0.120. The van der Waals surface area contributed by atoms with E-state index < -0.39 is 0 Å². The fourth-order valence-electron chi connectivity index (χ4n) is 1.63. The fourth-order valence-corrected chi connectivity index (χ4v) is 1.99. The number of halogens is 2. The number of carbonyl (C=O) groups excluding carboxylic acids is 1. The van der Waals surface area contributed by atoms with Crippen molar-refractivity contribution >= 4 is 35.3 Å². The van der Waals surface area contributed by atoms with Crippen LogP contribution < -0.4 is 5.43 Å². The van der Waals surface area contributed by atoms with Gasteiger partial charge in [0.15, 0.2) is 0 Å². The highest BCUT2D eigenvalue weighted by atomic mass is 35.5. The Morgan fingerprint density at radius 1 is 1.19 bits per heavy atom. The number of amides is 1. The standard InChI is InChI=1S/C15H12Cl2N2O2/c16-13-3-1-2-11(15(13)17)9-18-19-14(21)8-10-4-6-12(20)7-5-10/h1-7,9,20H,8H2,(H,19,21)/b18-9-. The van der Waals surface area contributed by atoms with Gasteiger partial charge in [-0.3, -0.25) is 4.79 Å². The average molecular weight is 323 g/mol. The van der Waals surface area contributed by atoms with E-state index in [9.17, 15) is 4.79 Å². The molecule has 0 bridgehead atoms. The maximum Gasteiger partial charge on any atom is 0.244 e. The Morgan fingerprint density at radius 2 is 1.90 bits per heavy atom. The summed E-state index contributed by atoms with van der Waals surface area (Å²) in [6.45, 7) is 0. The van der Waals surface area contributed by atoms with Gasteiger partial charge in [-0.15, -0.1) is 0 Å². The molecule has 0 saturated carbocycles. The third-order valence-corrected chi connectivity index (χ3v) is 3.51. The molecule has 0 aliphatic heterocycles. The summed E-state index contributed by atoms with van der Waals surface area (Å²) < 4.78 is 0. The third-order valence-electron chi connectivity index (χ3n) is 2.68. The summed E-state index contributed by atoms with van der Waals surface area (Å²) >= 11 is 11.9. The van der Waals surface area contributed by atoms with Gasteiger partial charge in [-0.1, -0.05) is 47.5 Å². The topological polar surface area (TPSA) is 61.7 Å². The van der Waals surface area contributed by atoms with Crippen molar-refractivity contribution in [1.82, 2.24) is 5.43 Å². The number of nitrogens with zero attached hydrogens (tertiary/aromatic N) is 1. The SMILES string of the molecule is O=C(Cc1ccc(O)cc1)N/N=C\c1cccc(Cl)c1Cl. The van der Waals surface area contributed by atoms with Crippen LogP contribution in [0.1, 0.15) is 11.1 Å². The van der Waals surface area contributed by atoms with Crippen molar-refractivity contribution < 1.29 is 9.90 Å². The Morgan fingerprint density at radius 3 is 2.62 bits per heavy atom. The first-order chi connectivity index (χ1) is 10.1. The van der Waals surface area contributed by atoms with Gasteiger partial charge in [-0.25, -0.2) is 5.43 Å². The van der Waals surface area contributed by atoms with Gasteiger partial charge >= 0.3 is 0 Å². The van der Waals surface area contributed by atoms with Crippen LogP contribution in [0, 0.1) is 0 Å². The molecule has 108 valence electrons. The van der Waals surface area contributed by atoms with Crippen LogP contribution >= 0.6 is 23.2 Å². The zero-order valence-corrected chi connectivity index (χ0v) is 12.4. The Hall–Kier alpha value is -2.04. The summed E-state index contributed by atoms with van der Waals surface area (Å²) in [5.74, 6) is -0.108. The number of benzene rings is 2. The number of hydrogen-bond acceptors (Lipinski definition) is 3. The summed E-state index contributed by atoms with van der Waals surface area (Å²) in [6.07, 6.45) is 1.60. The minimum atomic E-state index is -0.268. The van der Waals surface area contributed by atoms with Crippen molar-refractivity contribution in [3.8, 4) is 5.75 Å². The highest BCUT2D eigenvalue weighted by molar-refractivity contribution is 6.43. The number of hydrazone groups is 1. The first kappa shape index (κ1) is 15.4. The molecule has 0 unspecified atom stereocenters. The van der Waals surface area contributed by atoms with E-state index in [0.29, 0.717) is 15.6 Å². The quantitative estimate of drug-likeness (QED) is 0.669. The summed E-state index contributed by atoms with van der Waals surface area (Å²) in [7, 11) is 0. The van der Waals surface area contributed by atoms with Gasteiger partial charge in [-0.05, 0) is 23.8 Å². The van der Waals surface area contributed by atoms with E-state index in [1.807, 2.05) is 0 Å². The molecule has 0 fully saturated rings. The zero-order valence-electron chi connectivity index (χ0n) is 10.9.